The second kappa shape index (κ2) is 5.38. The van der Waals surface area contributed by atoms with Gasteiger partial charge < -0.3 is 5.32 Å². The van der Waals surface area contributed by atoms with Gasteiger partial charge in [0.05, 0.1) is 6.54 Å². The van der Waals surface area contributed by atoms with Crippen molar-refractivity contribution < 1.29 is 4.79 Å². The summed E-state index contributed by atoms with van der Waals surface area (Å²) in [5.41, 5.74) is 0.295. The number of hydrogen-bond donors (Lipinski definition) is 1. The minimum atomic E-state index is 0.209. The minimum Gasteiger partial charge on any atom is -0.309 e. The molecule has 78 valence electrons. The molecule has 0 bridgehead atoms. The van der Waals surface area contributed by atoms with Crippen molar-refractivity contribution in [2.75, 3.05) is 13.1 Å². The number of nitrogens with one attached hydrogen (secondary N) is 1. The SMILES string of the molecule is CC(=O)CNCC(C)(C)CC(C)C. The maximum Gasteiger partial charge on any atom is 0.143 e. The predicted octanol–water partition coefficient (Wildman–Crippen LogP) is 2.24. The van der Waals surface area contributed by atoms with Gasteiger partial charge in [-0.15, -0.1) is 0 Å². The van der Waals surface area contributed by atoms with Gasteiger partial charge in [0.2, 0.25) is 0 Å². The molecule has 0 atom stereocenters. The van der Waals surface area contributed by atoms with Crippen LogP contribution in [0.5, 0.6) is 0 Å². The Balaban J connectivity index is 3.68. The molecule has 0 radical (unpaired) electrons. The molecule has 0 amide bonds. The molecule has 0 heterocycles. The first-order chi connectivity index (χ1) is 5.83. The third-order valence-corrected chi connectivity index (χ3v) is 1.94. The number of Topliss-reactive ketones (excluding diaryl/α,β-unsaturated/α-hetero) is 1. The van der Waals surface area contributed by atoms with E-state index in [1.807, 2.05) is 0 Å². The normalized spacial score (nSPS) is 12.2. The highest BCUT2D eigenvalue weighted by Gasteiger charge is 2.18. The van der Waals surface area contributed by atoms with Gasteiger partial charge in [0.25, 0.3) is 0 Å². The van der Waals surface area contributed by atoms with Gasteiger partial charge in [-0.1, -0.05) is 27.7 Å². The van der Waals surface area contributed by atoms with Crippen LogP contribution in [-0.2, 0) is 4.79 Å². The van der Waals surface area contributed by atoms with Crippen LogP contribution in [0.3, 0.4) is 0 Å². The molecule has 0 rings (SSSR count). The average Bonchev–Trinajstić information content (AvgIpc) is 1.81. The first-order valence-electron chi connectivity index (χ1n) is 5.03. The van der Waals surface area contributed by atoms with Crippen molar-refractivity contribution in [2.45, 2.75) is 41.0 Å². The maximum atomic E-state index is 10.7. The second-order valence-corrected chi connectivity index (χ2v) is 5.07. The third kappa shape index (κ3) is 7.97. The van der Waals surface area contributed by atoms with Gasteiger partial charge in [0, 0.05) is 6.54 Å². The van der Waals surface area contributed by atoms with Crippen LogP contribution >= 0.6 is 0 Å². The zero-order valence-electron chi connectivity index (χ0n) is 9.61. The van der Waals surface area contributed by atoms with E-state index >= 15 is 0 Å². The lowest BCUT2D eigenvalue weighted by Gasteiger charge is -2.26. The van der Waals surface area contributed by atoms with E-state index in [1.54, 1.807) is 6.92 Å². The molecule has 0 aliphatic carbocycles. The van der Waals surface area contributed by atoms with E-state index < -0.39 is 0 Å². The highest BCUT2D eigenvalue weighted by Crippen LogP contribution is 2.23. The Hall–Kier alpha value is -0.370. The van der Waals surface area contributed by atoms with E-state index in [-0.39, 0.29) is 5.78 Å². The average molecular weight is 185 g/mol. The summed E-state index contributed by atoms with van der Waals surface area (Å²) in [6.07, 6.45) is 1.19. The molecule has 0 saturated carbocycles. The van der Waals surface area contributed by atoms with Crippen LogP contribution in [0.2, 0.25) is 0 Å². The molecule has 13 heavy (non-hydrogen) atoms. The first-order valence-corrected chi connectivity index (χ1v) is 5.03. The van der Waals surface area contributed by atoms with Crippen LogP contribution in [0.1, 0.15) is 41.0 Å². The third-order valence-electron chi connectivity index (χ3n) is 1.94. The smallest absolute Gasteiger partial charge is 0.143 e. The van der Waals surface area contributed by atoms with Crippen molar-refractivity contribution >= 4 is 5.78 Å². The Labute approximate surface area is 82.1 Å². The zero-order valence-corrected chi connectivity index (χ0v) is 9.61. The molecule has 0 aliphatic rings. The fourth-order valence-electron chi connectivity index (χ4n) is 1.75. The van der Waals surface area contributed by atoms with Gasteiger partial charge in [0.1, 0.15) is 5.78 Å². The van der Waals surface area contributed by atoms with E-state index in [2.05, 4.69) is 33.0 Å². The Kier molecular flexibility index (Phi) is 5.23. The summed E-state index contributed by atoms with van der Waals surface area (Å²) in [7, 11) is 0. The van der Waals surface area contributed by atoms with E-state index in [9.17, 15) is 4.79 Å². The summed E-state index contributed by atoms with van der Waals surface area (Å²) in [4.78, 5) is 10.7. The van der Waals surface area contributed by atoms with Crippen molar-refractivity contribution in [1.82, 2.24) is 5.32 Å². The lowest BCUT2D eigenvalue weighted by Crippen LogP contribution is -2.33. The van der Waals surface area contributed by atoms with Crippen molar-refractivity contribution in [1.29, 1.82) is 0 Å². The fourth-order valence-corrected chi connectivity index (χ4v) is 1.75. The molecule has 1 N–H and O–H groups in total. The summed E-state index contributed by atoms with van der Waals surface area (Å²) in [5.74, 6) is 0.925. The lowest BCUT2D eigenvalue weighted by atomic mass is 9.84. The van der Waals surface area contributed by atoms with Crippen LogP contribution in [0, 0.1) is 11.3 Å². The standard InChI is InChI=1S/C11H23NO/c1-9(2)6-11(4,5)8-12-7-10(3)13/h9,12H,6-8H2,1-5H3. The van der Waals surface area contributed by atoms with Crippen molar-refractivity contribution in [3.8, 4) is 0 Å². The number of ketones is 1. The quantitative estimate of drug-likeness (QED) is 0.687. The Bertz CT molecular complexity index is 161. The zero-order chi connectivity index (χ0) is 10.5. The molecule has 0 spiro atoms. The summed E-state index contributed by atoms with van der Waals surface area (Å²) in [6.45, 7) is 12.0. The molecule has 0 saturated heterocycles. The number of carbonyl (C=O) groups excluding carboxylic acids is 1. The predicted molar refractivity (Wildman–Crippen MR) is 56.8 cm³/mol. The molecule has 0 aromatic carbocycles. The van der Waals surface area contributed by atoms with Gasteiger partial charge >= 0.3 is 0 Å². The van der Waals surface area contributed by atoms with Gasteiger partial charge in [0.15, 0.2) is 0 Å². The van der Waals surface area contributed by atoms with Gasteiger partial charge in [-0.2, -0.15) is 0 Å². The van der Waals surface area contributed by atoms with E-state index in [4.69, 9.17) is 0 Å². The van der Waals surface area contributed by atoms with Gasteiger partial charge in [-0.25, -0.2) is 0 Å². The Morgan fingerprint density at radius 1 is 1.38 bits per heavy atom. The Morgan fingerprint density at radius 3 is 2.31 bits per heavy atom. The summed E-state index contributed by atoms with van der Waals surface area (Å²) < 4.78 is 0. The molecule has 2 nitrogen and oxygen atoms in total. The molecule has 0 aromatic rings. The summed E-state index contributed by atoms with van der Waals surface area (Å²) >= 11 is 0. The van der Waals surface area contributed by atoms with E-state index in [1.165, 1.54) is 6.42 Å². The van der Waals surface area contributed by atoms with Gasteiger partial charge in [-0.05, 0) is 24.7 Å². The first kappa shape index (κ1) is 12.6. The van der Waals surface area contributed by atoms with Crippen LogP contribution < -0.4 is 5.32 Å². The lowest BCUT2D eigenvalue weighted by molar-refractivity contribution is -0.116. The maximum absolute atomic E-state index is 10.7. The van der Waals surface area contributed by atoms with Crippen LogP contribution in [0.25, 0.3) is 0 Å². The van der Waals surface area contributed by atoms with Crippen molar-refractivity contribution in [2.24, 2.45) is 11.3 Å². The molecule has 0 aromatic heterocycles. The molecule has 0 unspecified atom stereocenters. The fraction of sp³-hybridized carbons (Fsp3) is 0.909. The van der Waals surface area contributed by atoms with Crippen LogP contribution in [0.4, 0.5) is 0 Å². The van der Waals surface area contributed by atoms with E-state index in [0.717, 1.165) is 6.54 Å². The molecule has 0 aliphatic heterocycles. The monoisotopic (exact) mass is 185 g/mol. The van der Waals surface area contributed by atoms with Crippen molar-refractivity contribution in [3.05, 3.63) is 0 Å². The van der Waals surface area contributed by atoms with E-state index in [0.29, 0.717) is 17.9 Å². The molecular weight excluding hydrogens is 162 g/mol. The summed E-state index contributed by atoms with van der Waals surface area (Å²) in [5, 5.41) is 3.18. The second-order valence-electron chi connectivity index (χ2n) is 5.07. The molecule has 0 fully saturated rings. The number of rotatable bonds is 6. The molecule has 2 heteroatoms. The highest BCUT2D eigenvalue weighted by atomic mass is 16.1. The summed E-state index contributed by atoms with van der Waals surface area (Å²) in [6, 6.07) is 0. The number of carbonyl (C=O) groups is 1. The number of hydrogen-bond acceptors (Lipinski definition) is 2. The van der Waals surface area contributed by atoms with Crippen molar-refractivity contribution in [3.63, 3.8) is 0 Å². The topological polar surface area (TPSA) is 29.1 Å². The molecular formula is C11H23NO. The van der Waals surface area contributed by atoms with Gasteiger partial charge in [-0.3, -0.25) is 4.79 Å². The Morgan fingerprint density at radius 2 is 1.92 bits per heavy atom. The highest BCUT2D eigenvalue weighted by molar-refractivity contribution is 5.77. The largest absolute Gasteiger partial charge is 0.309 e. The van der Waals surface area contributed by atoms with Crippen LogP contribution in [-0.4, -0.2) is 18.9 Å². The van der Waals surface area contributed by atoms with Crippen LogP contribution in [0.15, 0.2) is 0 Å². The minimum absolute atomic E-state index is 0.209.